The van der Waals surface area contributed by atoms with Crippen molar-refractivity contribution in [3.63, 3.8) is 0 Å². The van der Waals surface area contributed by atoms with E-state index in [0.29, 0.717) is 0 Å². The van der Waals surface area contributed by atoms with E-state index in [2.05, 4.69) is 40.1 Å². The van der Waals surface area contributed by atoms with E-state index in [1.165, 1.54) is 11.3 Å². The lowest BCUT2D eigenvalue weighted by molar-refractivity contribution is 0.242. The summed E-state index contributed by atoms with van der Waals surface area (Å²) in [5.74, 6) is 0. The molecule has 1 aliphatic rings. The topological polar surface area (TPSA) is 32.5 Å². The van der Waals surface area contributed by atoms with Gasteiger partial charge < -0.3 is 10.6 Å². The SMILES string of the molecule is N[C@@H](Cc1ccc(Cl)cc1)CN1CCN(c2[c]cccc2)CC1. The summed E-state index contributed by atoms with van der Waals surface area (Å²) < 4.78 is 0. The van der Waals surface area contributed by atoms with Crippen LogP contribution in [0.3, 0.4) is 0 Å². The zero-order valence-electron chi connectivity index (χ0n) is 13.3. The molecule has 3 nitrogen and oxygen atoms in total. The molecule has 121 valence electrons. The van der Waals surface area contributed by atoms with Crippen molar-refractivity contribution in [1.29, 1.82) is 0 Å². The van der Waals surface area contributed by atoms with E-state index in [4.69, 9.17) is 17.3 Å². The minimum Gasteiger partial charge on any atom is -0.368 e. The van der Waals surface area contributed by atoms with Gasteiger partial charge in [-0.15, -0.1) is 0 Å². The van der Waals surface area contributed by atoms with Gasteiger partial charge in [-0.1, -0.05) is 41.9 Å². The standard InChI is InChI=1S/C19H23ClN3/c20-17-8-6-16(7-9-17)14-18(21)15-22-10-12-23(13-11-22)19-4-2-1-3-5-19/h1-4,6-9,18H,10-15,21H2/t18-/m0/s1. The van der Waals surface area contributed by atoms with Crippen molar-refractivity contribution >= 4 is 17.3 Å². The average Bonchev–Trinajstić information content (AvgIpc) is 2.58. The van der Waals surface area contributed by atoms with Gasteiger partial charge in [0, 0.05) is 55.5 Å². The molecule has 1 saturated heterocycles. The Bertz CT molecular complexity index is 592. The third kappa shape index (κ3) is 4.71. The molecule has 0 saturated carbocycles. The van der Waals surface area contributed by atoms with Crippen LogP contribution < -0.4 is 10.6 Å². The monoisotopic (exact) mass is 328 g/mol. The van der Waals surface area contributed by atoms with E-state index in [1.807, 2.05) is 24.3 Å². The molecule has 4 heteroatoms. The number of nitrogens with two attached hydrogens (primary N) is 1. The second-order valence-corrected chi connectivity index (χ2v) is 6.56. The van der Waals surface area contributed by atoms with Crippen LogP contribution in [-0.2, 0) is 6.42 Å². The summed E-state index contributed by atoms with van der Waals surface area (Å²) in [5.41, 5.74) is 8.77. The first-order chi connectivity index (χ1) is 11.2. The molecule has 1 heterocycles. The maximum Gasteiger partial charge on any atom is 0.0447 e. The minimum absolute atomic E-state index is 0.158. The first kappa shape index (κ1) is 16.3. The summed E-state index contributed by atoms with van der Waals surface area (Å²) in [7, 11) is 0. The molecule has 0 aliphatic carbocycles. The van der Waals surface area contributed by atoms with Gasteiger partial charge in [-0.05, 0) is 30.2 Å². The maximum absolute atomic E-state index is 6.33. The van der Waals surface area contributed by atoms with Crippen LogP contribution in [0, 0.1) is 6.07 Å². The number of benzene rings is 2. The number of hydrogen-bond acceptors (Lipinski definition) is 3. The van der Waals surface area contributed by atoms with Crippen molar-refractivity contribution in [2.24, 2.45) is 5.73 Å². The Morgan fingerprint density at radius 2 is 1.78 bits per heavy atom. The van der Waals surface area contributed by atoms with E-state index in [9.17, 15) is 0 Å². The Balaban J connectivity index is 1.46. The fourth-order valence-electron chi connectivity index (χ4n) is 3.07. The van der Waals surface area contributed by atoms with Gasteiger partial charge >= 0.3 is 0 Å². The number of anilines is 1. The Morgan fingerprint density at radius 1 is 1.04 bits per heavy atom. The molecule has 2 aromatic carbocycles. The van der Waals surface area contributed by atoms with Crippen LogP contribution in [0.1, 0.15) is 5.56 Å². The molecule has 23 heavy (non-hydrogen) atoms. The van der Waals surface area contributed by atoms with Crippen molar-refractivity contribution < 1.29 is 0 Å². The molecule has 2 N–H and O–H groups in total. The minimum atomic E-state index is 0.158. The van der Waals surface area contributed by atoms with Gasteiger partial charge in [0.15, 0.2) is 0 Å². The van der Waals surface area contributed by atoms with Gasteiger partial charge in [0.2, 0.25) is 0 Å². The third-order valence-corrected chi connectivity index (χ3v) is 4.56. The molecule has 0 amide bonds. The Kier molecular flexibility index (Phi) is 5.55. The fraction of sp³-hybridized carbons (Fsp3) is 0.368. The molecule has 0 aromatic heterocycles. The van der Waals surface area contributed by atoms with Crippen molar-refractivity contribution in [3.8, 4) is 0 Å². The molecule has 3 rings (SSSR count). The number of piperazine rings is 1. The predicted octanol–water partition coefficient (Wildman–Crippen LogP) is 2.83. The third-order valence-electron chi connectivity index (χ3n) is 4.31. The van der Waals surface area contributed by atoms with Crippen LogP contribution in [0.15, 0.2) is 48.5 Å². The van der Waals surface area contributed by atoms with Crippen LogP contribution in [0.2, 0.25) is 5.02 Å². The normalized spacial score (nSPS) is 17.2. The van der Waals surface area contributed by atoms with Crippen LogP contribution in [0.25, 0.3) is 0 Å². The highest BCUT2D eigenvalue weighted by Crippen LogP contribution is 2.15. The molecule has 1 fully saturated rings. The molecule has 1 radical (unpaired) electrons. The summed E-state index contributed by atoms with van der Waals surface area (Å²) in [6.07, 6.45) is 0.893. The molecule has 1 aliphatic heterocycles. The molecule has 0 bridgehead atoms. The smallest absolute Gasteiger partial charge is 0.0447 e. The summed E-state index contributed by atoms with van der Waals surface area (Å²) in [4.78, 5) is 4.85. The summed E-state index contributed by atoms with van der Waals surface area (Å²) >= 11 is 5.92. The highest BCUT2D eigenvalue weighted by atomic mass is 35.5. The van der Waals surface area contributed by atoms with Crippen molar-refractivity contribution in [2.75, 3.05) is 37.6 Å². The summed E-state index contributed by atoms with van der Waals surface area (Å²) in [5, 5.41) is 0.774. The van der Waals surface area contributed by atoms with E-state index >= 15 is 0 Å². The van der Waals surface area contributed by atoms with Crippen LogP contribution in [0.5, 0.6) is 0 Å². The van der Waals surface area contributed by atoms with E-state index in [-0.39, 0.29) is 6.04 Å². The lowest BCUT2D eigenvalue weighted by Gasteiger charge is -2.37. The Labute approximate surface area is 143 Å². The molecule has 1 atom stereocenters. The van der Waals surface area contributed by atoms with E-state index in [1.54, 1.807) is 0 Å². The summed E-state index contributed by atoms with van der Waals surface area (Å²) in [6, 6.07) is 19.6. The van der Waals surface area contributed by atoms with Gasteiger partial charge in [-0.2, -0.15) is 0 Å². The second-order valence-electron chi connectivity index (χ2n) is 6.13. The van der Waals surface area contributed by atoms with Crippen molar-refractivity contribution in [1.82, 2.24) is 4.90 Å². The van der Waals surface area contributed by atoms with Gasteiger partial charge in [0.25, 0.3) is 0 Å². The fourth-order valence-corrected chi connectivity index (χ4v) is 3.20. The van der Waals surface area contributed by atoms with Gasteiger partial charge in [-0.25, -0.2) is 0 Å². The first-order valence-electron chi connectivity index (χ1n) is 8.15. The molecular weight excluding hydrogens is 306 g/mol. The van der Waals surface area contributed by atoms with Gasteiger partial charge in [-0.3, -0.25) is 4.90 Å². The average molecular weight is 329 g/mol. The highest BCUT2D eigenvalue weighted by Gasteiger charge is 2.19. The number of para-hydroxylation sites is 1. The Morgan fingerprint density at radius 3 is 2.43 bits per heavy atom. The van der Waals surface area contributed by atoms with Crippen molar-refractivity contribution in [3.05, 3.63) is 65.2 Å². The van der Waals surface area contributed by atoms with Gasteiger partial charge in [0.1, 0.15) is 0 Å². The molecule has 2 aromatic rings. The van der Waals surface area contributed by atoms with Crippen LogP contribution in [-0.4, -0.2) is 43.7 Å². The van der Waals surface area contributed by atoms with Crippen molar-refractivity contribution in [2.45, 2.75) is 12.5 Å². The van der Waals surface area contributed by atoms with E-state index < -0.39 is 0 Å². The van der Waals surface area contributed by atoms with Crippen LogP contribution in [0.4, 0.5) is 5.69 Å². The quantitative estimate of drug-likeness (QED) is 0.916. The molecule has 0 spiro atoms. The first-order valence-corrected chi connectivity index (χ1v) is 8.52. The number of halogens is 1. The highest BCUT2D eigenvalue weighted by molar-refractivity contribution is 6.30. The maximum atomic E-state index is 6.33. The number of rotatable bonds is 5. The van der Waals surface area contributed by atoms with E-state index in [0.717, 1.165) is 44.2 Å². The second kappa shape index (κ2) is 7.82. The molecular formula is C19H23ClN3. The molecule has 0 unspecified atom stereocenters. The van der Waals surface area contributed by atoms with Crippen LogP contribution >= 0.6 is 11.6 Å². The largest absolute Gasteiger partial charge is 0.368 e. The van der Waals surface area contributed by atoms with Gasteiger partial charge in [0.05, 0.1) is 0 Å². The zero-order chi connectivity index (χ0) is 16.1. The summed E-state index contributed by atoms with van der Waals surface area (Å²) in [6.45, 7) is 5.12. The lowest BCUT2D eigenvalue weighted by atomic mass is 10.1. The number of hydrogen-bond donors (Lipinski definition) is 1. The Hall–Kier alpha value is -1.55. The zero-order valence-corrected chi connectivity index (χ0v) is 14.0. The predicted molar refractivity (Wildman–Crippen MR) is 97.1 cm³/mol. The lowest BCUT2D eigenvalue weighted by Crippen LogP contribution is -2.50. The number of nitrogens with zero attached hydrogens (tertiary/aromatic N) is 2.